The second-order valence-corrected chi connectivity index (χ2v) is 11.8. The number of hydrogen-bond acceptors (Lipinski definition) is 5. The molecular formula is C25H38N4O4. The third-order valence-corrected chi connectivity index (χ3v) is 8.32. The van der Waals surface area contributed by atoms with Crippen LogP contribution >= 0.6 is 0 Å². The normalized spacial score (nSPS) is 33.3. The molecule has 0 bridgehead atoms. The fourth-order valence-electron chi connectivity index (χ4n) is 6.16. The quantitative estimate of drug-likeness (QED) is 0.579. The first-order chi connectivity index (χ1) is 15.4. The van der Waals surface area contributed by atoms with Gasteiger partial charge in [0.15, 0.2) is 0 Å². The fourth-order valence-corrected chi connectivity index (χ4v) is 6.16. The van der Waals surface area contributed by atoms with Crippen LogP contribution in [0.25, 0.3) is 0 Å². The molecule has 2 heterocycles. The molecule has 2 saturated carbocycles. The van der Waals surface area contributed by atoms with Gasteiger partial charge in [0, 0.05) is 18.0 Å². The van der Waals surface area contributed by atoms with Crippen molar-refractivity contribution < 1.29 is 19.1 Å². The maximum Gasteiger partial charge on any atom is 0.244 e. The summed E-state index contributed by atoms with van der Waals surface area (Å²) in [5.74, 6) is -0.329. The van der Waals surface area contributed by atoms with E-state index in [4.69, 9.17) is 4.74 Å². The minimum Gasteiger partial charge on any atom is -0.375 e. The van der Waals surface area contributed by atoms with Crippen molar-refractivity contribution in [1.82, 2.24) is 15.5 Å². The van der Waals surface area contributed by atoms with Gasteiger partial charge < -0.3 is 20.3 Å². The molecule has 4 aliphatic rings. The van der Waals surface area contributed by atoms with Crippen LogP contribution in [0, 0.1) is 34.5 Å². The number of likely N-dealkylation sites (tertiary alicyclic amines) is 1. The van der Waals surface area contributed by atoms with Crippen molar-refractivity contribution in [3.05, 3.63) is 0 Å². The van der Waals surface area contributed by atoms with Crippen LogP contribution in [-0.4, -0.2) is 59.0 Å². The lowest BCUT2D eigenvalue weighted by atomic mass is 9.91. The molecular weight excluding hydrogens is 420 g/mol. The van der Waals surface area contributed by atoms with E-state index in [0.29, 0.717) is 18.9 Å². The molecule has 182 valence electrons. The first-order valence-electron chi connectivity index (χ1n) is 12.4. The number of amides is 3. The number of carbonyl (C=O) groups is 3. The summed E-state index contributed by atoms with van der Waals surface area (Å²) < 4.78 is 5.95. The zero-order chi connectivity index (χ0) is 24.1. The Bertz CT molecular complexity index is 859. The van der Waals surface area contributed by atoms with Gasteiger partial charge in [-0.05, 0) is 70.1 Å². The van der Waals surface area contributed by atoms with Gasteiger partial charge in [0.1, 0.15) is 12.1 Å². The van der Waals surface area contributed by atoms with Crippen molar-refractivity contribution in [1.29, 1.82) is 5.26 Å². The topological polar surface area (TPSA) is 112 Å². The summed E-state index contributed by atoms with van der Waals surface area (Å²) in [6, 6.07) is 0.821. The van der Waals surface area contributed by atoms with Crippen LogP contribution < -0.4 is 10.6 Å². The van der Waals surface area contributed by atoms with E-state index in [1.54, 1.807) is 4.90 Å². The lowest BCUT2D eigenvalue weighted by Gasteiger charge is -2.33. The van der Waals surface area contributed by atoms with Crippen LogP contribution in [0.3, 0.4) is 0 Å². The maximum absolute atomic E-state index is 13.4. The molecule has 33 heavy (non-hydrogen) atoms. The van der Waals surface area contributed by atoms with Gasteiger partial charge in [-0.1, -0.05) is 13.8 Å². The summed E-state index contributed by atoms with van der Waals surface area (Å²) in [6.45, 7) is 10.7. The molecule has 8 nitrogen and oxygen atoms in total. The highest BCUT2D eigenvalue weighted by molar-refractivity contribution is 5.90. The molecule has 8 heteroatoms. The Morgan fingerprint density at radius 3 is 2.55 bits per heavy atom. The Kier molecular flexibility index (Phi) is 6.24. The number of nitrogens with zero attached hydrogens (tertiary/aromatic N) is 2. The van der Waals surface area contributed by atoms with Crippen LogP contribution in [-0.2, 0) is 19.1 Å². The summed E-state index contributed by atoms with van der Waals surface area (Å²) >= 11 is 0. The second kappa shape index (κ2) is 8.57. The van der Waals surface area contributed by atoms with Gasteiger partial charge >= 0.3 is 0 Å². The van der Waals surface area contributed by atoms with Crippen molar-refractivity contribution in [3.63, 3.8) is 0 Å². The van der Waals surface area contributed by atoms with Crippen molar-refractivity contribution in [2.75, 3.05) is 6.54 Å². The Hall–Kier alpha value is -2.14. The van der Waals surface area contributed by atoms with Crippen LogP contribution in [0.4, 0.5) is 0 Å². The molecule has 2 N–H and O–H groups in total. The average Bonchev–Trinajstić information content (AvgIpc) is 2.99. The van der Waals surface area contributed by atoms with Gasteiger partial charge in [-0.2, -0.15) is 5.26 Å². The Balaban J connectivity index is 1.39. The van der Waals surface area contributed by atoms with Crippen LogP contribution in [0.15, 0.2) is 0 Å². The van der Waals surface area contributed by atoms with E-state index >= 15 is 0 Å². The van der Waals surface area contributed by atoms with Gasteiger partial charge in [0.05, 0.1) is 24.7 Å². The molecule has 2 saturated heterocycles. The predicted molar refractivity (Wildman–Crippen MR) is 122 cm³/mol. The number of piperidine rings is 1. The molecule has 0 radical (unpaired) electrons. The van der Waals surface area contributed by atoms with Gasteiger partial charge in [0.25, 0.3) is 0 Å². The number of carbonyl (C=O) groups excluding carboxylic acids is 3. The number of rotatable bonds is 8. The molecule has 0 aromatic rings. The van der Waals surface area contributed by atoms with Crippen molar-refractivity contribution in [2.24, 2.45) is 23.2 Å². The van der Waals surface area contributed by atoms with Crippen LogP contribution in [0.5, 0.6) is 0 Å². The molecule has 3 amide bonds. The minimum absolute atomic E-state index is 0.00430. The van der Waals surface area contributed by atoms with Gasteiger partial charge in [-0.15, -0.1) is 0 Å². The largest absolute Gasteiger partial charge is 0.375 e. The monoisotopic (exact) mass is 458 g/mol. The zero-order valence-corrected chi connectivity index (χ0v) is 20.5. The highest BCUT2D eigenvalue weighted by Crippen LogP contribution is 2.64. The Morgan fingerprint density at radius 1 is 1.30 bits per heavy atom. The van der Waals surface area contributed by atoms with Gasteiger partial charge in [-0.25, -0.2) is 0 Å². The molecule has 4 unspecified atom stereocenters. The molecule has 4 fully saturated rings. The second-order valence-electron chi connectivity index (χ2n) is 11.8. The highest BCUT2D eigenvalue weighted by Gasteiger charge is 2.69. The summed E-state index contributed by atoms with van der Waals surface area (Å²) in [4.78, 5) is 40.5. The number of nitriles is 1. The van der Waals surface area contributed by atoms with Gasteiger partial charge in [0.2, 0.25) is 17.7 Å². The van der Waals surface area contributed by atoms with E-state index < -0.39 is 12.1 Å². The fraction of sp³-hybridized carbons (Fsp3) is 0.840. The van der Waals surface area contributed by atoms with Crippen LogP contribution in [0.2, 0.25) is 0 Å². The third-order valence-electron chi connectivity index (χ3n) is 8.32. The van der Waals surface area contributed by atoms with E-state index in [0.717, 1.165) is 12.8 Å². The van der Waals surface area contributed by atoms with Crippen molar-refractivity contribution in [3.8, 4) is 6.07 Å². The lowest BCUT2D eigenvalue weighted by molar-refractivity contribution is -0.144. The van der Waals surface area contributed by atoms with Gasteiger partial charge in [-0.3, -0.25) is 14.4 Å². The van der Waals surface area contributed by atoms with E-state index in [9.17, 15) is 19.6 Å². The first-order valence-corrected chi connectivity index (χ1v) is 12.4. The molecule has 4 rings (SSSR count). The van der Waals surface area contributed by atoms with E-state index in [2.05, 4.69) is 30.6 Å². The molecule has 6 atom stereocenters. The van der Waals surface area contributed by atoms with Crippen molar-refractivity contribution in [2.45, 2.75) is 103 Å². The number of ether oxygens (including phenoxy) is 1. The third kappa shape index (κ3) is 4.75. The minimum atomic E-state index is -0.763. The SMILES string of the molecule is C[C@H](CC(=O)N1CC2C([C@H]1C(=O)NC(C#N)CC1CC(C)(C)NC1=O)C2(C)C)OC1CCC1. The highest BCUT2D eigenvalue weighted by atomic mass is 16.5. The summed E-state index contributed by atoms with van der Waals surface area (Å²) in [6.07, 6.45) is 4.54. The number of nitrogens with one attached hydrogen (secondary N) is 2. The summed E-state index contributed by atoms with van der Waals surface area (Å²) in [5.41, 5.74) is -0.297. The van der Waals surface area contributed by atoms with E-state index in [1.807, 2.05) is 20.8 Å². The molecule has 0 aromatic carbocycles. The average molecular weight is 459 g/mol. The smallest absolute Gasteiger partial charge is 0.244 e. The standard InChI is InChI=1S/C25H38N4O4/c1-14(33-17-7-6-8-17)9-19(30)29-13-18-20(25(18,4)5)21(29)23(32)27-16(12-26)10-15-11-24(2,3)28-22(15)31/h14-18,20-21H,6-11,13H2,1-5H3,(H,27,32)(H,28,31)/t14-,15?,16?,18?,20?,21+/m1/s1. The zero-order valence-electron chi connectivity index (χ0n) is 20.5. The van der Waals surface area contributed by atoms with Crippen LogP contribution in [0.1, 0.15) is 73.1 Å². The lowest BCUT2D eigenvalue weighted by Crippen LogP contribution is -2.52. The maximum atomic E-state index is 13.4. The number of fused-ring (bicyclic) bond motifs is 1. The van der Waals surface area contributed by atoms with Crippen molar-refractivity contribution >= 4 is 17.7 Å². The predicted octanol–water partition coefficient (Wildman–Crippen LogP) is 2.13. The first kappa shape index (κ1) is 24.0. The van der Waals surface area contributed by atoms with E-state index in [1.165, 1.54) is 6.42 Å². The summed E-state index contributed by atoms with van der Waals surface area (Å²) in [5, 5.41) is 15.5. The molecule has 0 aromatic heterocycles. The Morgan fingerprint density at radius 2 is 2.00 bits per heavy atom. The Labute approximate surface area is 196 Å². The number of hydrogen-bond donors (Lipinski definition) is 2. The molecule has 0 spiro atoms. The molecule has 2 aliphatic heterocycles. The summed E-state index contributed by atoms with van der Waals surface area (Å²) in [7, 11) is 0. The molecule has 2 aliphatic carbocycles. The van der Waals surface area contributed by atoms with E-state index in [-0.39, 0.29) is 65.6 Å².